The van der Waals surface area contributed by atoms with E-state index >= 15 is 0 Å². The van der Waals surface area contributed by atoms with E-state index in [1.165, 1.54) is 38.8 Å². The second-order valence-corrected chi connectivity index (χ2v) is 7.05. The Morgan fingerprint density at radius 3 is 1.61 bits per heavy atom. The number of aliphatic hydroxyl groups is 1. The first-order valence-electron chi connectivity index (χ1n) is 7.77. The van der Waals surface area contributed by atoms with Gasteiger partial charge in [0.25, 0.3) is 0 Å². The second kappa shape index (κ2) is 4.46. The predicted octanol–water partition coefficient (Wildman–Crippen LogP) is 1.57. The topological polar surface area (TPSA) is 26.7 Å². The summed E-state index contributed by atoms with van der Waals surface area (Å²) >= 11 is 0. The van der Waals surface area contributed by atoms with Crippen LogP contribution in [0.5, 0.6) is 0 Å². The molecule has 4 fully saturated rings. The number of hydrogen-bond donors (Lipinski definition) is 1. The Labute approximate surface area is 111 Å². The summed E-state index contributed by atoms with van der Waals surface area (Å²) in [6.45, 7) is 11.5. The van der Waals surface area contributed by atoms with E-state index in [4.69, 9.17) is 0 Å². The maximum atomic E-state index is 11.1. The first kappa shape index (κ1) is 12.9. The van der Waals surface area contributed by atoms with Crippen LogP contribution in [0.15, 0.2) is 0 Å². The zero-order valence-electron chi connectivity index (χ0n) is 12.0. The van der Waals surface area contributed by atoms with Gasteiger partial charge in [-0.25, -0.2) is 0 Å². The molecule has 0 aromatic heterocycles. The largest absolute Gasteiger partial charge is 0.392 e. The van der Waals surface area contributed by atoms with Crippen molar-refractivity contribution in [2.24, 2.45) is 10.8 Å². The van der Waals surface area contributed by atoms with E-state index in [9.17, 15) is 5.11 Å². The lowest BCUT2D eigenvalue weighted by atomic mass is 9.59. The number of nitrogens with zero attached hydrogens (tertiary/aromatic N) is 2. The molecule has 0 aromatic rings. The highest BCUT2D eigenvalue weighted by Crippen LogP contribution is 2.51. The van der Waals surface area contributed by atoms with Crippen LogP contribution in [0, 0.1) is 10.8 Å². The van der Waals surface area contributed by atoms with E-state index < -0.39 is 0 Å². The Balaban J connectivity index is 1.97. The molecular formula is C15H28N2O. The van der Waals surface area contributed by atoms with Crippen LogP contribution >= 0.6 is 0 Å². The van der Waals surface area contributed by atoms with Gasteiger partial charge >= 0.3 is 0 Å². The van der Waals surface area contributed by atoms with Gasteiger partial charge in [-0.1, -0.05) is 26.7 Å². The van der Waals surface area contributed by atoms with Gasteiger partial charge in [0.2, 0.25) is 0 Å². The third-order valence-corrected chi connectivity index (χ3v) is 5.54. The van der Waals surface area contributed by atoms with Gasteiger partial charge in [0.15, 0.2) is 0 Å². The summed E-state index contributed by atoms with van der Waals surface area (Å²) in [7, 11) is 0. The molecule has 0 aliphatic carbocycles. The van der Waals surface area contributed by atoms with Gasteiger partial charge in [0, 0.05) is 50.1 Å². The Bertz CT molecular complexity index is 276. The predicted molar refractivity (Wildman–Crippen MR) is 73.6 cm³/mol. The molecule has 4 bridgehead atoms. The molecule has 0 spiro atoms. The minimum absolute atomic E-state index is 0.0736. The molecule has 0 amide bonds. The van der Waals surface area contributed by atoms with Crippen LogP contribution in [0.25, 0.3) is 0 Å². The van der Waals surface area contributed by atoms with Gasteiger partial charge in [-0.15, -0.1) is 0 Å². The van der Waals surface area contributed by atoms with Crippen molar-refractivity contribution < 1.29 is 5.11 Å². The van der Waals surface area contributed by atoms with Crippen molar-refractivity contribution in [3.05, 3.63) is 0 Å². The molecule has 0 unspecified atom stereocenters. The molecule has 0 radical (unpaired) electrons. The molecule has 0 saturated carbocycles. The number of fused-ring (bicyclic) bond motifs is 1. The van der Waals surface area contributed by atoms with Crippen molar-refractivity contribution in [2.75, 3.05) is 39.3 Å². The smallest absolute Gasteiger partial charge is 0.0701 e. The third-order valence-electron chi connectivity index (χ3n) is 5.54. The van der Waals surface area contributed by atoms with Gasteiger partial charge in [0.05, 0.1) is 6.10 Å². The lowest BCUT2D eigenvalue weighted by Gasteiger charge is -2.60. The number of hydrogen-bond acceptors (Lipinski definition) is 3. The normalized spacial score (nSPS) is 50.5. The van der Waals surface area contributed by atoms with Crippen molar-refractivity contribution in [1.82, 2.24) is 9.80 Å². The number of rotatable bonds is 4. The van der Waals surface area contributed by atoms with Crippen LogP contribution < -0.4 is 0 Å². The lowest BCUT2D eigenvalue weighted by Crippen LogP contribution is -2.69. The molecule has 1 N–H and O–H groups in total. The Morgan fingerprint density at radius 1 is 0.889 bits per heavy atom. The molecule has 0 atom stereocenters. The summed E-state index contributed by atoms with van der Waals surface area (Å²) in [5.74, 6) is 0. The van der Waals surface area contributed by atoms with Crippen LogP contribution in [0.2, 0.25) is 0 Å². The zero-order chi connectivity index (χ0) is 12.8. The van der Waals surface area contributed by atoms with Crippen molar-refractivity contribution in [1.29, 1.82) is 0 Å². The molecule has 4 saturated heterocycles. The van der Waals surface area contributed by atoms with E-state index in [0.29, 0.717) is 0 Å². The van der Waals surface area contributed by atoms with Crippen molar-refractivity contribution in [3.8, 4) is 0 Å². The minimum atomic E-state index is -0.0736. The van der Waals surface area contributed by atoms with Gasteiger partial charge in [-0.2, -0.15) is 0 Å². The first-order valence-corrected chi connectivity index (χ1v) is 7.77. The van der Waals surface area contributed by atoms with Crippen molar-refractivity contribution in [2.45, 2.75) is 45.6 Å². The molecule has 4 aliphatic heterocycles. The molecule has 104 valence electrons. The fourth-order valence-electron chi connectivity index (χ4n) is 5.17. The maximum Gasteiger partial charge on any atom is 0.0701 e. The standard InChI is InChI=1S/C15H28N2O/c1-3-5-14-9-16-7-8-17(10-14)12-15(11-16,6-4-2)13(14)18/h13,18H,3-12H2,1-2H3. The molecule has 4 rings (SSSR count). The summed E-state index contributed by atoms with van der Waals surface area (Å²) in [5.41, 5.74) is 0.327. The molecule has 4 heterocycles. The second-order valence-electron chi connectivity index (χ2n) is 7.05. The zero-order valence-corrected chi connectivity index (χ0v) is 12.0. The number of aliphatic hydroxyl groups excluding tert-OH is 1. The summed E-state index contributed by atoms with van der Waals surface area (Å²) < 4.78 is 0. The molecule has 0 aromatic carbocycles. The van der Waals surface area contributed by atoms with E-state index in [1.54, 1.807) is 0 Å². The summed E-state index contributed by atoms with van der Waals surface area (Å²) in [5, 5.41) is 11.1. The van der Waals surface area contributed by atoms with Gasteiger partial charge in [-0.3, -0.25) is 0 Å². The summed E-state index contributed by atoms with van der Waals surface area (Å²) in [4.78, 5) is 5.29. The van der Waals surface area contributed by atoms with Crippen LogP contribution in [-0.2, 0) is 0 Å². The fourth-order valence-corrected chi connectivity index (χ4v) is 5.17. The van der Waals surface area contributed by atoms with Gasteiger partial charge in [-0.05, 0) is 12.8 Å². The van der Waals surface area contributed by atoms with Gasteiger partial charge < -0.3 is 14.9 Å². The fraction of sp³-hybridized carbons (Fsp3) is 1.00. The average molecular weight is 252 g/mol. The highest BCUT2D eigenvalue weighted by Gasteiger charge is 2.59. The summed E-state index contributed by atoms with van der Waals surface area (Å²) in [6, 6.07) is 0. The van der Waals surface area contributed by atoms with E-state index in [1.807, 2.05) is 0 Å². The minimum Gasteiger partial charge on any atom is -0.392 e. The molecule has 4 aliphatic rings. The van der Waals surface area contributed by atoms with Crippen LogP contribution in [0.1, 0.15) is 39.5 Å². The van der Waals surface area contributed by atoms with E-state index in [2.05, 4.69) is 23.6 Å². The average Bonchev–Trinajstić information content (AvgIpc) is 2.54. The molecule has 3 heteroatoms. The van der Waals surface area contributed by atoms with Crippen molar-refractivity contribution in [3.63, 3.8) is 0 Å². The first-order chi connectivity index (χ1) is 8.64. The SMILES string of the molecule is CCCC12CN3CCN(C1)CC(CCC)(C3)C2O. The molecule has 3 nitrogen and oxygen atoms in total. The Kier molecular flexibility index (Phi) is 3.20. The van der Waals surface area contributed by atoms with E-state index in [0.717, 1.165) is 26.2 Å². The Morgan fingerprint density at radius 2 is 1.28 bits per heavy atom. The third kappa shape index (κ3) is 1.75. The van der Waals surface area contributed by atoms with Gasteiger partial charge in [0.1, 0.15) is 0 Å². The van der Waals surface area contributed by atoms with Crippen LogP contribution in [0.3, 0.4) is 0 Å². The highest BCUT2D eigenvalue weighted by molar-refractivity contribution is 5.12. The summed E-state index contributed by atoms with van der Waals surface area (Å²) in [6.07, 6.45) is 4.69. The highest BCUT2D eigenvalue weighted by atomic mass is 16.3. The molecule has 18 heavy (non-hydrogen) atoms. The quantitative estimate of drug-likeness (QED) is 0.822. The van der Waals surface area contributed by atoms with Crippen LogP contribution in [0.4, 0.5) is 0 Å². The molecular weight excluding hydrogens is 224 g/mol. The maximum absolute atomic E-state index is 11.1. The van der Waals surface area contributed by atoms with E-state index in [-0.39, 0.29) is 16.9 Å². The lowest BCUT2D eigenvalue weighted by molar-refractivity contribution is -0.175. The van der Waals surface area contributed by atoms with Crippen molar-refractivity contribution >= 4 is 0 Å². The monoisotopic (exact) mass is 252 g/mol. The number of piperidine rings is 2. The van der Waals surface area contributed by atoms with Crippen LogP contribution in [-0.4, -0.2) is 60.3 Å². The Hall–Kier alpha value is -0.120.